The zero-order valence-electron chi connectivity index (χ0n) is 19.3. The Morgan fingerprint density at radius 2 is 1.49 bits per heavy atom. The largest absolute Gasteiger partial charge is 0.497 e. The van der Waals surface area contributed by atoms with Crippen LogP contribution in [0.5, 0.6) is 11.5 Å². The van der Waals surface area contributed by atoms with Crippen molar-refractivity contribution in [2.45, 2.75) is 12.1 Å². The van der Waals surface area contributed by atoms with Gasteiger partial charge in [-0.2, -0.15) is 0 Å². The average Bonchev–Trinajstić information content (AvgIpc) is 3.10. The summed E-state index contributed by atoms with van der Waals surface area (Å²) in [6, 6.07) is 10.7. The Morgan fingerprint density at radius 1 is 0.811 bits per heavy atom. The van der Waals surface area contributed by atoms with Crippen molar-refractivity contribution in [2.24, 2.45) is 0 Å². The highest BCUT2D eigenvalue weighted by molar-refractivity contribution is 6.35. The molecule has 0 saturated carbocycles. The van der Waals surface area contributed by atoms with Gasteiger partial charge in [-0.3, -0.25) is 29.4 Å². The summed E-state index contributed by atoms with van der Waals surface area (Å²) < 4.78 is 10.9. The summed E-state index contributed by atoms with van der Waals surface area (Å²) in [5.41, 5.74) is 0.297. The van der Waals surface area contributed by atoms with Crippen LogP contribution < -0.4 is 14.4 Å². The van der Waals surface area contributed by atoms with Crippen LogP contribution in [0.25, 0.3) is 0 Å². The quantitative estimate of drug-likeness (QED) is 0.192. The molecule has 0 aliphatic carbocycles. The van der Waals surface area contributed by atoms with Gasteiger partial charge in [0.15, 0.2) is 0 Å². The Morgan fingerprint density at radius 3 is 2.11 bits per heavy atom. The second kappa shape index (κ2) is 9.06. The molecule has 0 radical (unpaired) electrons. The van der Waals surface area contributed by atoms with E-state index in [0.29, 0.717) is 22.7 Å². The molecular weight excluding hydrogens is 525 g/mol. The van der Waals surface area contributed by atoms with Crippen LogP contribution in [0.15, 0.2) is 54.6 Å². The maximum atomic E-state index is 13.6. The molecule has 0 unspecified atom stereocenters. The van der Waals surface area contributed by atoms with Crippen LogP contribution in [0, 0.1) is 10.1 Å². The number of benzene rings is 3. The minimum Gasteiger partial charge on any atom is -0.497 e. The number of non-ortho nitro benzene ring substituents is 1. The van der Waals surface area contributed by atoms with Gasteiger partial charge in [-0.15, -0.1) is 0 Å². The fourth-order valence-electron chi connectivity index (χ4n) is 4.68. The molecule has 12 heteroatoms. The molecule has 10 nitrogen and oxygen atoms in total. The number of methoxy groups -OCH3 is 2. The molecule has 2 atom stereocenters. The van der Waals surface area contributed by atoms with Gasteiger partial charge in [0.2, 0.25) is 0 Å². The highest BCUT2D eigenvalue weighted by atomic mass is 35.5. The van der Waals surface area contributed by atoms with Gasteiger partial charge < -0.3 is 14.4 Å². The zero-order chi connectivity index (χ0) is 26.6. The summed E-state index contributed by atoms with van der Waals surface area (Å²) in [4.78, 5) is 53.1. The number of nitro benzene ring substituents is 1. The first-order valence-corrected chi connectivity index (χ1v) is 11.6. The van der Waals surface area contributed by atoms with Gasteiger partial charge in [-0.25, -0.2) is 0 Å². The molecule has 3 aromatic carbocycles. The van der Waals surface area contributed by atoms with Crippen molar-refractivity contribution in [2.75, 3.05) is 19.1 Å². The number of anilines is 1. The molecule has 37 heavy (non-hydrogen) atoms. The van der Waals surface area contributed by atoms with E-state index < -0.39 is 34.7 Å². The molecule has 0 bridgehead atoms. The molecule has 0 N–H and O–H groups in total. The third-order valence-electron chi connectivity index (χ3n) is 6.34. The fourth-order valence-corrected chi connectivity index (χ4v) is 5.20. The first-order valence-electron chi connectivity index (χ1n) is 10.8. The van der Waals surface area contributed by atoms with E-state index in [9.17, 15) is 24.5 Å². The number of imide groups is 1. The third-order valence-corrected chi connectivity index (χ3v) is 6.78. The SMILES string of the molecule is COc1ccc(OC)c([C@@H]2[C@H](N3C(=O)c4ccc([N+](=O)[O-])cc4C3=O)C(=O)N2c2cc(Cl)cc(Cl)c2)c1. The Hall–Kier alpha value is -4.15. The summed E-state index contributed by atoms with van der Waals surface area (Å²) in [7, 11) is 2.92. The van der Waals surface area contributed by atoms with Crippen LogP contribution in [0.3, 0.4) is 0 Å². The van der Waals surface area contributed by atoms with E-state index in [4.69, 9.17) is 32.7 Å². The number of nitrogens with zero attached hydrogens (tertiary/aromatic N) is 3. The summed E-state index contributed by atoms with van der Waals surface area (Å²) in [5.74, 6) is -1.27. The maximum absolute atomic E-state index is 13.6. The van der Waals surface area contributed by atoms with E-state index in [2.05, 4.69) is 0 Å². The summed E-state index contributed by atoms with van der Waals surface area (Å²) in [6.45, 7) is 0. The van der Waals surface area contributed by atoms with Crippen molar-refractivity contribution in [1.82, 2.24) is 4.90 Å². The van der Waals surface area contributed by atoms with E-state index >= 15 is 0 Å². The van der Waals surface area contributed by atoms with Crippen LogP contribution in [0.4, 0.5) is 11.4 Å². The van der Waals surface area contributed by atoms with Gasteiger partial charge in [0.1, 0.15) is 17.5 Å². The Labute approximate surface area is 220 Å². The molecule has 1 fully saturated rings. The fraction of sp³-hybridized carbons (Fsp3) is 0.160. The van der Waals surface area contributed by atoms with Gasteiger partial charge in [0.05, 0.1) is 36.3 Å². The van der Waals surface area contributed by atoms with E-state index in [1.165, 1.54) is 43.4 Å². The standard InChI is InChI=1S/C25H17Cl2N3O7/c1-36-16-4-6-20(37-2)19(11-16)21-22(25(33)28(21)15-8-12(26)7-13(27)9-15)29-23(31)17-5-3-14(30(34)35)10-18(17)24(29)32/h3-11,21-22H,1-2H3/t21-,22+/m1/s1. The normalized spacial score (nSPS) is 18.5. The monoisotopic (exact) mass is 541 g/mol. The molecule has 2 aliphatic heterocycles. The lowest BCUT2D eigenvalue weighted by molar-refractivity contribution is -0.384. The minimum absolute atomic E-state index is 0.0241. The molecule has 2 heterocycles. The predicted octanol–water partition coefficient (Wildman–Crippen LogP) is 4.67. The number of nitro groups is 1. The van der Waals surface area contributed by atoms with Crippen molar-refractivity contribution >= 4 is 52.3 Å². The van der Waals surface area contributed by atoms with Crippen LogP contribution in [-0.4, -0.2) is 47.8 Å². The van der Waals surface area contributed by atoms with E-state index in [1.54, 1.807) is 18.2 Å². The molecule has 3 aromatic rings. The lowest BCUT2D eigenvalue weighted by Crippen LogP contribution is -2.67. The van der Waals surface area contributed by atoms with Gasteiger partial charge >= 0.3 is 0 Å². The summed E-state index contributed by atoms with van der Waals surface area (Å²) in [5, 5.41) is 11.8. The van der Waals surface area contributed by atoms with Crippen LogP contribution >= 0.6 is 23.2 Å². The van der Waals surface area contributed by atoms with E-state index in [1.807, 2.05) is 0 Å². The van der Waals surface area contributed by atoms with Gasteiger partial charge in [-0.1, -0.05) is 23.2 Å². The highest BCUT2D eigenvalue weighted by Crippen LogP contribution is 2.48. The molecule has 3 amide bonds. The van der Waals surface area contributed by atoms with Crippen LogP contribution in [0.1, 0.15) is 32.3 Å². The highest BCUT2D eigenvalue weighted by Gasteiger charge is 2.58. The molecule has 1 saturated heterocycles. The van der Waals surface area contributed by atoms with E-state index in [0.717, 1.165) is 17.0 Å². The smallest absolute Gasteiger partial charge is 0.270 e. The van der Waals surface area contributed by atoms with Gasteiger partial charge in [0, 0.05) is 33.4 Å². The zero-order valence-corrected chi connectivity index (χ0v) is 20.8. The number of hydrogen-bond acceptors (Lipinski definition) is 7. The number of carbonyl (C=O) groups is 3. The number of carbonyl (C=O) groups excluding carboxylic acids is 3. The summed E-state index contributed by atoms with van der Waals surface area (Å²) in [6.07, 6.45) is 0. The predicted molar refractivity (Wildman–Crippen MR) is 134 cm³/mol. The number of ether oxygens (including phenoxy) is 2. The molecule has 188 valence electrons. The number of rotatable bonds is 6. The molecule has 5 rings (SSSR count). The lowest BCUT2D eigenvalue weighted by atomic mass is 9.85. The number of fused-ring (bicyclic) bond motifs is 1. The van der Waals surface area contributed by atoms with Crippen molar-refractivity contribution in [3.05, 3.63) is 91.4 Å². The Kier molecular flexibility index (Phi) is 6.01. The van der Waals surface area contributed by atoms with Crippen molar-refractivity contribution < 1.29 is 28.8 Å². The first kappa shape index (κ1) is 24.5. The molecular formula is C25H17Cl2N3O7. The second-order valence-corrected chi connectivity index (χ2v) is 9.17. The first-order chi connectivity index (χ1) is 17.7. The Balaban J connectivity index is 1.65. The second-order valence-electron chi connectivity index (χ2n) is 8.30. The lowest BCUT2D eigenvalue weighted by Gasteiger charge is -2.50. The third kappa shape index (κ3) is 3.85. The van der Waals surface area contributed by atoms with Crippen molar-refractivity contribution in [1.29, 1.82) is 0 Å². The van der Waals surface area contributed by atoms with Crippen LogP contribution in [-0.2, 0) is 4.79 Å². The van der Waals surface area contributed by atoms with Crippen molar-refractivity contribution in [3.63, 3.8) is 0 Å². The Bertz CT molecular complexity index is 1490. The molecule has 0 aromatic heterocycles. The average molecular weight is 542 g/mol. The number of β-lactam (4-membered cyclic amide) rings is 1. The van der Waals surface area contributed by atoms with Crippen LogP contribution in [0.2, 0.25) is 10.0 Å². The number of halogens is 2. The molecule has 0 spiro atoms. The maximum Gasteiger partial charge on any atom is 0.270 e. The van der Waals surface area contributed by atoms with E-state index in [-0.39, 0.29) is 26.9 Å². The van der Waals surface area contributed by atoms with Gasteiger partial charge in [-0.05, 0) is 42.5 Å². The topological polar surface area (TPSA) is 119 Å². The van der Waals surface area contributed by atoms with Crippen molar-refractivity contribution in [3.8, 4) is 11.5 Å². The van der Waals surface area contributed by atoms with Gasteiger partial charge in [0.25, 0.3) is 23.4 Å². The number of hydrogen-bond donors (Lipinski definition) is 0. The minimum atomic E-state index is -1.27. The molecule has 2 aliphatic rings. The number of amides is 3. The summed E-state index contributed by atoms with van der Waals surface area (Å²) >= 11 is 12.4.